The number of nitrogens with one attached hydrogen (secondary N) is 2. The smallest absolute Gasteiger partial charge is 0.235 e. The third-order valence-corrected chi connectivity index (χ3v) is 5.15. The van der Waals surface area contributed by atoms with Crippen LogP contribution in [0.3, 0.4) is 0 Å². The Morgan fingerprint density at radius 3 is 2.64 bits per heavy atom. The summed E-state index contributed by atoms with van der Waals surface area (Å²) >= 11 is 1.70. The average Bonchev–Trinajstić information content (AvgIpc) is 3.09. The third kappa shape index (κ3) is 4.08. The second-order valence-corrected chi connectivity index (χ2v) is 8.12. The zero-order valence-corrected chi connectivity index (χ0v) is 14.4. The highest BCUT2D eigenvalue weighted by Gasteiger charge is 2.35. The highest BCUT2D eigenvalue weighted by atomic mass is 32.1. The van der Waals surface area contributed by atoms with Crippen LogP contribution in [0.15, 0.2) is 17.5 Å². The van der Waals surface area contributed by atoms with Gasteiger partial charge in [-0.15, -0.1) is 11.3 Å². The van der Waals surface area contributed by atoms with E-state index in [0.29, 0.717) is 0 Å². The Labute approximate surface area is 136 Å². The van der Waals surface area contributed by atoms with Crippen molar-refractivity contribution in [3.63, 3.8) is 0 Å². The molecule has 1 saturated carbocycles. The summed E-state index contributed by atoms with van der Waals surface area (Å²) in [6.07, 6.45) is 3.56. The number of thiophene rings is 1. The van der Waals surface area contributed by atoms with Gasteiger partial charge in [0.2, 0.25) is 5.91 Å². The molecule has 0 spiro atoms. The van der Waals surface area contributed by atoms with Crippen LogP contribution in [0.2, 0.25) is 0 Å². The number of hydrogen-bond donors (Lipinski definition) is 2. The number of hydrogen-bond acceptors (Lipinski definition) is 4. The van der Waals surface area contributed by atoms with Crippen LogP contribution in [0, 0.1) is 16.7 Å². The lowest BCUT2D eigenvalue weighted by Crippen LogP contribution is -2.49. The third-order valence-electron chi connectivity index (χ3n) is 4.21. The standard InChI is InChI=1S/C17H25N3OS/c1-16(2,3)15(13-7-6-10-22-13)19-11-14(21)20-17(12-18)8-4-5-9-17/h6-7,10,15,19H,4-5,8-9,11H2,1-3H3,(H,20,21)/t15-/m1/s1. The molecule has 1 aromatic heterocycles. The second-order valence-electron chi connectivity index (χ2n) is 7.14. The molecule has 22 heavy (non-hydrogen) atoms. The van der Waals surface area contributed by atoms with Gasteiger partial charge in [0, 0.05) is 10.9 Å². The summed E-state index contributed by atoms with van der Waals surface area (Å²) in [6, 6.07) is 6.55. The Kier molecular flexibility index (Phi) is 5.25. The van der Waals surface area contributed by atoms with Crippen molar-refractivity contribution in [2.75, 3.05) is 6.54 Å². The van der Waals surface area contributed by atoms with E-state index < -0.39 is 5.54 Å². The predicted molar refractivity (Wildman–Crippen MR) is 89.5 cm³/mol. The summed E-state index contributed by atoms with van der Waals surface area (Å²) in [4.78, 5) is 13.5. The number of rotatable bonds is 5. The van der Waals surface area contributed by atoms with Gasteiger partial charge >= 0.3 is 0 Å². The van der Waals surface area contributed by atoms with Crippen molar-refractivity contribution in [3.8, 4) is 6.07 Å². The lowest BCUT2D eigenvalue weighted by Gasteiger charge is -2.31. The van der Waals surface area contributed by atoms with Crippen LogP contribution in [-0.2, 0) is 4.79 Å². The Morgan fingerprint density at radius 1 is 1.45 bits per heavy atom. The van der Waals surface area contributed by atoms with Gasteiger partial charge in [0.1, 0.15) is 5.54 Å². The fraction of sp³-hybridized carbons (Fsp3) is 0.647. The molecule has 1 aromatic rings. The minimum atomic E-state index is -0.640. The van der Waals surface area contributed by atoms with Crippen LogP contribution in [0.5, 0.6) is 0 Å². The summed E-state index contributed by atoms with van der Waals surface area (Å²) in [6.45, 7) is 6.73. The molecule has 5 heteroatoms. The minimum Gasteiger partial charge on any atom is -0.337 e. The molecule has 0 aromatic carbocycles. The van der Waals surface area contributed by atoms with Gasteiger partial charge in [-0.3, -0.25) is 4.79 Å². The summed E-state index contributed by atoms with van der Waals surface area (Å²) in [5, 5.41) is 17.7. The molecule has 120 valence electrons. The van der Waals surface area contributed by atoms with Gasteiger partial charge in [0.25, 0.3) is 0 Å². The first kappa shape index (κ1) is 17.0. The Hall–Kier alpha value is -1.38. The maximum atomic E-state index is 12.2. The van der Waals surface area contributed by atoms with E-state index in [1.54, 1.807) is 11.3 Å². The quantitative estimate of drug-likeness (QED) is 0.874. The van der Waals surface area contributed by atoms with E-state index in [4.69, 9.17) is 0 Å². The SMILES string of the molecule is CC(C)(C)[C@H](NCC(=O)NC1(C#N)CCCC1)c1cccs1. The molecular weight excluding hydrogens is 294 g/mol. The Bertz CT molecular complexity index is 533. The van der Waals surface area contributed by atoms with E-state index in [9.17, 15) is 10.1 Å². The van der Waals surface area contributed by atoms with E-state index in [1.165, 1.54) is 4.88 Å². The van der Waals surface area contributed by atoms with Gasteiger partial charge in [-0.2, -0.15) is 5.26 Å². The van der Waals surface area contributed by atoms with Crippen LogP contribution >= 0.6 is 11.3 Å². The molecule has 1 aliphatic rings. The van der Waals surface area contributed by atoms with Gasteiger partial charge in [-0.05, 0) is 42.5 Å². The van der Waals surface area contributed by atoms with E-state index in [2.05, 4.69) is 48.9 Å². The summed E-state index contributed by atoms with van der Waals surface area (Å²) in [7, 11) is 0. The monoisotopic (exact) mass is 319 g/mol. The largest absolute Gasteiger partial charge is 0.337 e. The Balaban J connectivity index is 1.95. The van der Waals surface area contributed by atoms with Gasteiger partial charge < -0.3 is 10.6 Å². The van der Waals surface area contributed by atoms with Crippen LogP contribution in [0.1, 0.15) is 57.4 Å². The van der Waals surface area contributed by atoms with Crippen LogP contribution < -0.4 is 10.6 Å². The number of nitriles is 1. The lowest BCUT2D eigenvalue weighted by molar-refractivity contribution is -0.121. The maximum Gasteiger partial charge on any atom is 0.235 e. The van der Waals surface area contributed by atoms with E-state index in [0.717, 1.165) is 25.7 Å². The molecule has 4 nitrogen and oxygen atoms in total. The molecule has 0 bridgehead atoms. The zero-order valence-electron chi connectivity index (χ0n) is 13.6. The number of carbonyl (C=O) groups excluding carboxylic acids is 1. The van der Waals surface area contributed by atoms with Crippen molar-refractivity contribution in [1.29, 1.82) is 5.26 Å². The molecular formula is C17H25N3OS. The van der Waals surface area contributed by atoms with E-state index in [-0.39, 0.29) is 23.9 Å². The molecule has 1 heterocycles. The van der Waals surface area contributed by atoms with Crippen molar-refractivity contribution < 1.29 is 4.79 Å². The summed E-state index contributed by atoms with van der Waals surface area (Å²) < 4.78 is 0. The predicted octanol–water partition coefficient (Wildman–Crippen LogP) is 3.38. The number of nitrogens with zero attached hydrogens (tertiary/aromatic N) is 1. The number of carbonyl (C=O) groups is 1. The average molecular weight is 319 g/mol. The van der Waals surface area contributed by atoms with Gasteiger partial charge in [0.15, 0.2) is 0 Å². The van der Waals surface area contributed by atoms with Gasteiger partial charge in [-0.1, -0.05) is 26.8 Å². The summed E-state index contributed by atoms with van der Waals surface area (Å²) in [5.74, 6) is -0.0887. The van der Waals surface area contributed by atoms with E-state index in [1.807, 2.05) is 6.07 Å². The normalized spacial score (nSPS) is 18.6. The molecule has 1 aliphatic carbocycles. The van der Waals surface area contributed by atoms with Crippen LogP contribution in [0.4, 0.5) is 0 Å². The van der Waals surface area contributed by atoms with Crippen molar-refractivity contribution in [1.82, 2.24) is 10.6 Å². The van der Waals surface area contributed by atoms with Crippen LogP contribution in [0.25, 0.3) is 0 Å². The Morgan fingerprint density at radius 2 is 2.14 bits per heavy atom. The van der Waals surface area contributed by atoms with Crippen molar-refractivity contribution in [2.24, 2.45) is 5.41 Å². The molecule has 1 fully saturated rings. The van der Waals surface area contributed by atoms with Crippen molar-refractivity contribution in [2.45, 2.75) is 58.0 Å². The molecule has 0 aliphatic heterocycles. The first-order valence-electron chi connectivity index (χ1n) is 7.85. The van der Waals surface area contributed by atoms with Gasteiger partial charge in [0.05, 0.1) is 12.6 Å². The van der Waals surface area contributed by atoms with Crippen LogP contribution in [-0.4, -0.2) is 18.0 Å². The topological polar surface area (TPSA) is 64.9 Å². The highest BCUT2D eigenvalue weighted by Crippen LogP contribution is 2.35. The van der Waals surface area contributed by atoms with Gasteiger partial charge in [-0.25, -0.2) is 0 Å². The summed E-state index contributed by atoms with van der Waals surface area (Å²) in [5.41, 5.74) is -0.621. The molecule has 1 atom stereocenters. The molecule has 2 N–H and O–H groups in total. The zero-order chi connectivity index (χ0) is 16.2. The molecule has 0 radical (unpaired) electrons. The maximum absolute atomic E-state index is 12.2. The van der Waals surface area contributed by atoms with Crippen molar-refractivity contribution >= 4 is 17.2 Å². The molecule has 2 rings (SSSR count). The minimum absolute atomic E-state index is 0.0193. The first-order valence-corrected chi connectivity index (χ1v) is 8.73. The molecule has 1 amide bonds. The second kappa shape index (κ2) is 6.80. The molecule has 0 unspecified atom stereocenters. The lowest BCUT2D eigenvalue weighted by atomic mass is 9.86. The molecule has 0 saturated heterocycles. The fourth-order valence-corrected chi connectivity index (χ4v) is 4.08. The highest BCUT2D eigenvalue weighted by molar-refractivity contribution is 7.10. The van der Waals surface area contributed by atoms with E-state index >= 15 is 0 Å². The number of amides is 1. The fourth-order valence-electron chi connectivity index (χ4n) is 3.04. The van der Waals surface area contributed by atoms with Crippen molar-refractivity contribution in [3.05, 3.63) is 22.4 Å². The first-order chi connectivity index (χ1) is 10.4.